The van der Waals surface area contributed by atoms with E-state index in [0.29, 0.717) is 29.7 Å². The largest absolute Gasteiger partial charge is 0.370 e. The third kappa shape index (κ3) is 3.31. The number of anilines is 1. The first-order chi connectivity index (χ1) is 8.88. The Morgan fingerprint density at radius 3 is 2.95 bits per heavy atom. The average molecular weight is 305 g/mol. The lowest BCUT2D eigenvalue weighted by molar-refractivity contribution is 0.595. The summed E-state index contributed by atoms with van der Waals surface area (Å²) in [5.74, 6) is 0.935. The molecule has 2 heterocycles. The van der Waals surface area contributed by atoms with Crippen molar-refractivity contribution in [3.8, 4) is 0 Å². The molecule has 0 fully saturated rings. The van der Waals surface area contributed by atoms with Crippen LogP contribution in [0.4, 0.5) is 5.82 Å². The zero-order chi connectivity index (χ0) is 14.0. The van der Waals surface area contributed by atoms with Crippen molar-refractivity contribution >= 4 is 33.2 Å². The molecule has 0 amide bonds. The van der Waals surface area contributed by atoms with Crippen LogP contribution in [0, 0.1) is 6.92 Å². The SMILES string of the molecule is Cc1c(Cl)nc2ncnn2c1NCCCS(N)(=O)=O. The molecule has 0 spiro atoms. The van der Waals surface area contributed by atoms with Crippen LogP contribution >= 0.6 is 11.6 Å². The fourth-order valence-electron chi connectivity index (χ4n) is 1.59. The van der Waals surface area contributed by atoms with Crippen LogP contribution in [0.5, 0.6) is 0 Å². The molecule has 104 valence electrons. The molecule has 0 aliphatic heterocycles. The highest BCUT2D eigenvalue weighted by Gasteiger charge is 2.12. The van der Waals surface area contributed by atoms with E-state index in [1.165, 1.54) is 10.8 Å². The number of fused-ring (bicyclic) bond motifs is 1. The maximum atomic E-state index is 10.8. The Labute approximate surface area is 115 Å². The molecule has 2 aromatic heterocycles. The van der Waals surface area contributed by atoms with E-state index >= 15 is 0 Å². The van der Waals surface area contributed by atoms with Gasteiger partial charge in [0.1, 0.15) is 17.3 Å². The minimum absolute atomic E-state index is 0.0850. The Morgan fingerprint density at radius 2 is 2.26 bits per heavy atom. The highest BCUT2D eigenvalue weighted by Crippen LogP contribution is 2.21. The molecule has 0 aliphatic carbocycles. The van der Waals surface area contributed by atoms with Gasteiger partial charge in [-0.1, -0.05) is 11.6 Å². The van der Waals surface area contributed by atoms with E-state index in [0.717, 1.165) is 5.56 Å². The third-order valence-corrected chi connectivity index (χ3v) is 3.73. The van der Waals surface area contributed by atoms with Gasteiger partial charge in [0.2, 0.25) is 10.0 Å². The summed E-state index contributed by atoms with van der Waals surface area (Å²) < 4.78 is 23.2. The fraction of sp³-hybridized carbons (Fsp3) is 0.444. The number of primary sulfonamides is 1. The predicted octanol–water partition coefficient (Wildman–Crippen LogP) is 0.177. The van der Waals surface area contributed by atoms with E-state index in [-0.39, 0.29) is 5.75 Å². The van der Waals surface area contributed by atoms with Crippen LogP contribution in [0.3, 0.4) is 0 Å². The number of rotatable bonds is 5. The van der Waals surface area contributed by atoms with Gasteiger partial charge in [-0.3, -0.25) is 0 Å². The molecule has 0 aliphatic rings. The number of aromatic nitrogens is 4. The van der Waals surface area contributed by atoms with Crippen LogP contribution < -0.4 is 10.5 Å². The third-order valence-electron chi connectivity index (χ3n) is 2.50. The predicted molar refractivity (Wildman–Crippen MR) is 71.6 cm³/mol. The number of hydrogen-bond donors (Lipinski definition) is 2. The van der Waals surface area contributed by atoms with Crippen LogP contribution in [0.1, 0.15) is 12.0 Å². The number of nitrogens with one attached hydrogen (secondary N) is 1. The summed E-state index contributed by atoms with van der Waals surface area (Å²) in [6, 6.07) is 0. The second-order valence-electron chi connectivity index (χ2n) is 4.00. The van der Waals surface area contributed by atoms with Gasteiger partial charge in [-0.25, -0.2) is 13.6 Å². The van der Waals surface area contributed by atoms with E-state index in [1.807, 2.05) is 0 Å². The summed E-state index contributed by atoms with van der Waals surface area (Å²) >= 11 is 5.99. The number of halogens is 1. The highest BCUT2D eigenvalue weighted by molar-refractivity contribution is 7.89. The number of nitrogens with zero attached hydrogens (tertiary/aromatic N) is 4. The van der Waals surface area contributed by atoms with E-state index < -0.39 is 10.0 Å². The van der Waals surface area contributed by atoms with Gasteiger partial charge in [0.25, 0.3) is 5.78 Å². The molecule has 19 heavy (non-hydrogen) atoms. The summed E-state index contributed by atoms with van der Waals surface area (Å²) in [5, 5.41) is 12.4. The number of sulfonamides is 1. The maximum Gasteiger partial charge on any atom is 0.255 e. The van der Waals surface area contributed by atoms with Crippen molar-refractivity contribution in [1.29, 1.82) is 0 Å². The summed E-state index contributed by atoms with van der Waals surface area (Å²) in [7, 11) is -3.44. The molecule has 0 bridgehead atoms. The maximum absolute atomic E-state index is 10.8. The molecule has 0 saturated carbocycles. The topological polar surface area (TPSA) is 115 Å². The summed E-state index contributed by atoms with van der Waals surface area (Å²) in [6.07, 6.45) is 1.75. The number of hydrogen-bond acceptors (Lipinski definition) is 6. The Kier molecular flexibility index (Phi) is 3.88. The van der Waals surface area contributed by atoms with Gasteiger partial charge in [-0.05, 0) is 13.3 Å². The molecule has 0 unspecified atom stereocenters. The summed E-state index contributed by atoms with van der Waals surface area (Å²) in [4.78, 5) is 8.01. The van der Waals surface area contributed by atoms with Gasteiger partial charge in [-0.15, -0.1) is 0 Å². The lowest BCUT2D eigenvalue weighted by atomic mass is 10.3. The van der Waals surface area contributed by atoms with Crippen LogP contribution in [0.2, 0.25) is 5.15 Å². The second-order valence-corrected chi connectivity index (χ2v) is 6.09. The summed E-state index contributed by atoms with van der Waals surface area (Å²) in [6.45, 7) is 2.21. The van der Waals surface area contributed by atoms with Crippen LogP contribution in [-0.4, -0.2) is 40.3 Å². The number of nitrogens with two attached hydrogens (primary N) is 1. The van der Waals surface area contributed by atoms with Gasteiger partial charge in [-0.2, -0.15) is 19.6 Å². The normalized spacial score (nSPS) is 11.9. The minimum atomic E-state index is -3.44. The van der Waals surface area contributed by atoms with E-state index in [4.69, 9.17) is 16.7 Å². The first-order valence-corrected chi connectivity index (χ1v) is 7.58. The summed E-state index contributed by atoms with van der Waals surface area (Å²) in [5.41, 5.74) is 0.718. The van der Waals surface area contributed by atoms with Crippen molar-refractivity contribution in [3.05, 3.63) is 17.0 Å². The molecule has 2 rings (SSSR count). The smallest absolute Gasteiger partial charge is 0.255 e. The van der Waals surface area contributed by atoms with Crippen molar-refractivity contribution in [2.45, 2.75) is 13.3 Å². The Morgan fingerprint density at radius 1 is 1.53 bits per heavy atom. The molecule has 0 saturated heterocycles. The van der Waals surface area contributed by atoms with Gasteiger partial charge in [0.05, 0.1) is 5.75 Å². The monoisotopic (exact) mass is 304 g/mol. The average Bonchev–Trinajstić information content (AvgIpc) is 2.74. The standard InChI is InChI=1S/C9H13ClN6O2S/c1-6-7(10)15-9-13-5-14-16(9)8(6)12-3-2-4-19(11,17)18/h5,12H,2-4H2,1H3,(H2,11,17,18). The lowest BCUT2D eigenvalue weighted by Gasteiger charge is -2.11. The van der Waals surface area contributed by atoms with Crippen LogP contribution in [0.25, 0.3) is 5.78 Å². The van der Waals surface area contributed by atoms with Crippen LogP contribution in [0.15, 0.2) is 6.33 Å². The lowest BCUT2D eigenvalue weighted by Crippen LogP contribution is -2.19. The fourth-order valence-corrected chi connectivity index (χ4v) is 2.30. The minimum Gasteiger partial charge on any atom is -0.370 e. The Bertz CT molecular complexity index is 698. The zero-order valence-electron chi connectivity index (χ0n) is 10.2. The zero-order valence-corrected chi connectivity index (χ0v) is 11.7. The molecule has 3 N–H and O–H groups in total. The van der Waals surface area contributed by atoms with Crippen molar-refractivity contribution in [1.82, 2.24) is 19.6 Å². The van der Waals surface area contributed by atoms with Crippen molar-refractivity contribution in [3.63, 3.8) is 0 Å². The van der Waals surface area contributed by atoms with Gasteiger partial charge < -0.3 is 5.32 Å². The van der Waals surface area contributed by atoms with Crippen molar-refractivity contribution < 1.29 is 8.42 Å². The van der Waals surface area contributed by atoms with E-state index in [2.05, 4.69) is 20.4 Å². The van der Waals surface area contributed by atoms with Gasteiger partial charge in [0.15, 0.2) is 0 Å². The molecule has 10 heteroatoms. The van der Waals surface area contributed by atoms with Crippen molar-refractivity contribution in [2.75, 3.05) is 17.6 Å². The van der Waals surface area contributed by atoms with Crippen molar-refractivity contribution in [2.24, 2.45) is 5.14 Å². The molecule has 2 aromatic rings. The molecule has 0 atom stereocenters. The molecule has 8 nitrogen and oxygen atoms in total. The highest BCUT2D eigenvalue weighted by atomic mass is 35.5. The molecule has 0 radical (unpaired) electrons. The molecular weight excluding hydrogens is 292 g/mol. The Hall–Kier alpha value is -1.45. The van der Waals surface area contributed by atoms with E-state index in [1.54, 1.807) is 6.92 Å². The first kappa shape index (κ1) is 14.0. The molecule has 0 aromatic carbocycles. The first-order valence-electron chi connectivity index (χ1n) is 5.48. The van der Waals surface area contributed by atoms with Crippen LogP contribution in [-0.2, 0) is 10.0 Å². The second kappa shape index (κ2) is 5.27. The Balaban J connectivity index is 2.16. The van der Waals surface area contributed by atoms with Gasteiger partial charge in [0, 0.05) is 12.1 Å². The quantitative estimate of drug-likeness (QED) is 0.601. The van der Waals surface area contributed by atoms with E-state index in [9.17, 15) is 8.42 Å². The van der Waals surface area contributed by atoms with Gasteiger partial charge >= 0.3 is 0 Å². The molecular formula is C9H13ClN6O2S.